The Labute approximate surface area is 178 Å². The lowest BCUT2D eigenvalue weighted by Crippen LogP contribution is -2.31. The first kappa shape index (κ1) is 20.2. The topological polar surface area (TPSA) is 67.8 Å². The SMILES string of the molecule is O=C(CCc1ccccc1)NCC1CCC(c2ncncc2-c2ccncc2)CC1. The van der Waals surface area contributed by atoms with E-state index in [-0.39, 0.29) is 5.91 Å². The van der Waals surface area contributed by atoms with Crippen molar-refractivity contribution in [1.82, 2.24) is 20.3 Å². The third-order valence-corrected chi connectivity index (χ3v) is 6.04. The zero-order chi connectivity index (χ0) is 20.6. The normalized spacial score (nSPS) is 18.7. The molecule has 1 N–H and O–H groups in total. The molecule has 0 unspecified atom stereocenters. The van der Waals surface area contributed by atoms with Crippen molar-refractivity contribution >= 4 is 5.91 Å². The Kier molecular flexibility index (Phi) is 6.80. The monoisotopic (exact) mass is 400 g/mol. The van der Waals surface area contributed by atoms with Crippen LogP contribution < -0.4 is 5.32 Å². The van der Waals surface area contributed by atoms with Gasteiger partial charge in [-0.1, -0.05) is 30.3 Å². The Balaban J connectivity index is 1.26. The number of hydrogen-bond acceptors (Lipinski definition) is 4. The van der Waals surface area contributed by atoms with Crippen LogP contribution >= 0.6 is 0 Å². The van der Waals surface area contributed by atoms with Crippen LogP contribution in [-0.4, -0.2) is 27.4 Å². The zero-order valence-corrected chi connectivity index (χ0v) is 17.2. The van der Waals surface area contributed by atoms with Crippen molar-refractivity contribution < 1.29 is 4.79 Å². The fourth-order valence-corrected chi connectivity index (χ4v) is 4.31. The summed E-state index contributed by atoms with van der Waals surface area (Å²) >= 11 is 0. The van der Waals surface area contributed by atoms with Crippen LogP contribution in [0.1, 0.15) is 49.3 Å². The summed E-state index contributed by atoms with van der Waals surface area (Å²) < 4.78 is 0. The number of aromatic nitrogens is 3. The molecule has 2 aromatic heterocycles. The van der Waals surface area contributed by atoms with Crippen LogP contribution in [-0.2, 0) is 11.2 Å². The summed E-state index contributed by atoms with van der Waals surface area (Å²) in [6.07, 6.45) is 13.0. The number of aryl methyl sites for hydroxylation is 1. The molecular weight excluding hydrogens is 372 g/mol. The number of carbonyl (C=O) groups is 1. The van der Waals surface area contributed by atoms with Crippen molar-refractivity contribution in [2.45, 2.75) is 44.4 Å². The number of pyridine rings is 1. The summed E-state index contributed by atoms with van der Waals surface area (Å²) in [5.74, 6) is 1.14. The molecule has 0 spiro atoms. The number of rotatable bonds is 7. The Morgan fingerprint density at radius 1 is 0.967 bits per heavy atom. The third-order valence-electron chi connectivity index (χ3n) is 6.04. The molecule has 1 aliphatic carbocycles. The number of benzene rings is 1. The van der Waals surface area contributed by atoms with Crippen molar-refractivity contribution in [1.29, 1.82) is 0 Å². The Bertz CT molecular complexity index is 938. The van der Waals surface area contributed by atoms with Crippen molar-refractivity contribution in [2.24, 2.45) is 5.92 Å². The molecule has 1 amide bonds. The van der Waals surface area contributed by atoms with Gasteiger partial charge in [-0.05, 0) is 61.3 Å². The summed E-state index contributed by atoms with van der Waals surface area (Å²) in [7, 11) is 0. The molecule has 1 aliphatic rings. The second kappa shape index (κ2) is 10.1. The van der Waals surface area contributed by atoms with Crippen molar-refractivity contribution in [3.63, 3.8) is 0 Å². The van der Waals surface area contributed by atoms with E-state index in [1.54, 1.807) is 6.33 Å². The van der Waals surface area contributed by atoms with Crippen molar-refractivity contribution in [2.75, 3.05) is 6.54 Å². The first-order chi connectivity index (χ1) is 14.8. The minimum atomic E-state index is 0.150. The summed E-state index contributed by atoms with van der Waals surface area (Å²) in [6, 6.07) is 14.2. The summed E-state index contributed by atoms with van der Waals surface area (Å²) in [6.45, 7) is 0.779. The van der Waals surface area contributed by atoms with Gasteiger partial charge in [0.25, 0.3) is 0 Å². The first-order valence-electron chi connectivity index (χ1n) is 10.8. The molecular formula is C25H28N4O. The van der Waals surface area contributed by atoms with Gasteiger partial charge in [-0.3, -0.25) is 9.78 Å². The lowest BCUT2D eigenvalue weighted by Gasteiger charge is -2.29. The lowest BCUT2D eigenvalue weighted by atomic mass is 9.79. The lowest BCUT2D eigenvalue weighted by molar-refractivity contribution is -0.121. The first-order valence-corrected chi connectivity index (χ1v) is 10.8. The predicted molar refractivity (Wildman–Crippen MR) is 118 cm³/mol. The standard InChI is InChI=1S/C25H28N4O/c30-24(11-8-19-4-2-1-3-5-19)28-16-20-6-9-22(10-7-20)25-23(17-27-18-29-25)21-12-14-26-15-13-21/h1-5,12-15,17-18,20,22H,6-11,16H2,(H,28,30). The van der Waals surface area contributed by atoms with Gasteiger partial charge >= 0.3 is 0 Å². The van der Waals surface area contributed by atoms with Gasteiger partial charge in [0.1, 0.15) is 6.33 Å². The fraction of sp³-hybridized carbons (Fsp3) is 0.360. The van der Waals surface area contributed by atoms with Gasteiger partial charge in [-0.15, -0.1) is 0 Å². The molecule has 0 bridgehead atoms. The number of hydrogen-bond donors (Lipinski definition) is 1. The molecule has 0 radical (unpaired) electrons. The average Bonchev–Trinajstić information content (AvgIpc) is 2.83. The van der Waals surface area contributed by atoms with Crippen LogP contribution in [0.25, 0.3) is 11.1 Å². The molecule has 0 saturated heterocycles. The predicted octanol–water partition coefficient (Wildman–Crippen LogP) is 4.56. The molecule has 1 fully saturated rings. The smallest absolute Gasteiger partial charge is 0.220 e. The molecule has 3 aromatic rings. The highest BCUT2D eigenvalue weighted by atomic mass is 16.1. The van der Waals surface area contributed by atoms with Gasteiger partial charge in [0.15, 0.2) is 0 Å². The van der Waals surface area contributed by atoms with E-state index >= 15 is 0 Å². The maximum atomic E-state index is 12.2. The van der Waals surface area contributed by atoms with E-state index in [2.05, 4.69) is 32.4 Å². The highest BCUT2D eigenvalue weighted by molar-refractivity contribution is 5.76. The summed E-state index contributed by atoms with van der Waals surface area (Å²) in [5.41, 5.74) is 4.58. The molecule has 154 valence electrons. The maximum Gasteiger partial charge on any atom is 0.220 e. The number of carbonyl (C=O) groups excluding carboxylic acids is 1. The Morgan fingerprint density at radius 3 is 2.50 bits per heavy atom. The van der Waals surface area contributed by atoms with Gasteiger partial charge in [0.05, 0.1) is 5.69 Å². The van der Waals surface area contributed by atoms with Gasteiger partial charge in [0.2, 0.25) is 5.91 Å². The van der Waals surface area contributed by atoms with Gasteiger partial charge in [-0.25, -0.2) is 9.97 Å². The summed E-state index contributed by atoms with van der Waals surface area (Å²) in [4.78, 5) is 25.2. The second-order valence-electron chi connectivity index (χ2n) is 8.06. The molecule has 0 aliphatic heterocycles. The van der Waals surface area contributed by atoms with E-state index in [1.807, 2.05) is 48.9 Å². The minimum absolute atomic E-state index is 0.150. The molecule has 5 heteroatoms. The average molecular weight is 401 g/mol. The largest absolute Gasteiger partial charge is 0.356 e. The van der Waals surface area contributed by atoms with Crippen LogP contribution in [0.2, 0.25) is 0 Å². The highest BCUT2D eigenvalue weighted by Crippen LogP contribution is 2.38. The number of nitrogens with one attached hydrogen (secondary N) is 1. The molecule has 0 atom stereocenters. The van der Waals surface area contributed by atoms with E-state index in [1.165, 1.54) is 5.56 Å². The van der Waals surface area contributed by atoms with Crippen molar-refractivity contribution in [3.05, 3.63) is 78.6 Å². The fourth-order valence-electron chi connectivity index (χ4n) is 4.31. The van der Waals surface area contributed by atoms with E-state index in [4.69, 9.17) is 0 Å². The number of amides is 1. The van der Waals surface area contributed by atoms with Gasteiger partial charge in [0, 0.05) is 43.0 Å². The van der Waals surface area contributed by atoms with Crippen LogP contribution in [0.4, 0.5) is 0 Å². The number of nitrogens with zero attached hydrogens (tertiary/aromatic N) is 3. The van der Waals surface area contributed by atoms with Crippen LogP contribution in [0.15, 0.2) is 67.4 Å². The highest BCUT2D eigenvalue weighted by Gasteiger charge is 2.25. The van der Waals surface area contributed by atoms with E-state index in [0.29, 0.717) is 18.3 Å². The Hall–Kier alpha value is -3.08. The van der Waals surface area contributed by atoms with E-state index in [0.717, 1.165) is 55.5 Å². The molecule has 1 saturated carbocycles. The molecule has 2 heterocycles. The maximum absolute atomic E-state index is 12.2. The summed E-state index contributed by atoms with van der Waals surface area (Å²) in [5, 5.41) is 3.14. The molecule has 5 nitrogen and oxygen atoms in total. The van der Waals surface area contributed by atoms with Crippen LogP contribution in [0.5, 0.6) is 0 Å². The minimum Gasteiger partial charge on any atom is -0.356 e. The quantitative estimate of drug-likeness (QED) is 0.631. The van der Waals surface area contributed by atoms with Gasteiger partial charge < -0.3 is 5.32 Å². The molecule has 4 rings (SSSR count). The van der Waals surface area contributed by atoms with E-state index in [9.17, 15) is 4.79 Å². The second-order valence-corrected chi connectivity index (χ2v) is 8.06. The van der Waals surface area contributed by atoms with E-state index < -0.39 is 0 Å². The van der Waals surface area contributed by atoms with Crippen molar-refractivity contribution in [3.8, 4) is 11.1 Å². The van der Waals surface area contributed by atoms with Crippen LogP contribution in [0.3, 0.4) is 0 Å². The third kappa shape index (κ3) is 5.29. The Morgan fingerprint density at radius 2 is 1.73 bits per heavy atom. The molecule has 1 aromatic carbocycles. The van der Waals surface area contributed by atoms with Gasteiger partial charge in [-0.2, -0.15) is 0 Å². The molecule has 30 heavy (non-hydrogen) atoms. The van der Waals surface area contributed by atoms with Crippen LogP contribution in [0, 0.1) is 5.92 Å². The zero-order valence-electron chi connectivity index (χ0n) is 17.2.